The number of benzene rings is 2. The number of fused-ring (bicyclic) bond motifs is 1. The molecule has 0 unspecified atom stereocenters. The molecule has 6 heteroatoms. The zero-order valence-corrected chi connectivity index (χ0v) is 13.0. The van der Waals surface area contributed by atoms with Crippen molar-refractivity contribution in [2.75, 3.05) is 11.9 Å². The Morgan fingerprint density at radius 3 is 2.46 bits per heavy atom. The number of nitriles is 1. The zero-order chi connectivity index (χ0) is 16.9. The predicted molar refractivity (Wildman–Crippen MR) is 89.6 cm³/mol. The SMILES string of the molecule is Cc1nc2ccccc2nc1OCC(=O)Nc1ccc(C#N)cc1. The lowest BCUT2D eigenvalue weighted by atomic mass is 10.2. The molecule has 0 saturated heterocycles. The van der Waals surface area contributed by atoms with Crippen molar-refractivity contribution in [2.24, 2.45) is 0 Å². The minimum Gasteiger partial charge on any atom is -0.466 e. The Labute approximate surface area is 138 Å². The van der Waals surface area contributed by atoms with Crippen molar-refractivity contribution in [3.63, 3.8) is 0 Å². The molecule has 118 valence electrons. The summed E-state index contributed by atoms with van der Waals surface area (Å²) in [4.78, 5) is 20.7. The van der Waals surface area contributed by atoms with Gasteiger partial charge in [0.15, 0.2) is 6.61 Å². The number of amides is 1. The maximum Gasteiger partial charge on any atom is 0.262 e. The van der Waals surface area contributed by atoms with E-state index in [0.717, 1.165) is 5.52 Å². The molecule has 0 saturated carbocycles. The third-order valence-electron chi connectivity index (χ3n) is 3.34. The van der Waals surface area contributed by atoms with E-state index in [2.05, 4.69) is 15.3 Å². The summed E-state index contributed by atoms with van der Waals surface area (Å²) in [5, 5.41) is 11.5. The molecule has 3 rings (SSSR count). The van der Waals surface area contributed by atoms with Gasteiger partial charge in [0.2, 0.25) is 5.88 Å². The number of anilines is 1. The first-order valence-electron chi connectivity index (χ1n) is 7.32. The predicted octanol–water partition coefficient (Wildman–Crippen LogP) is 2.83. The molecule has 24 heavy (non-hydrogen) atoms. The van der Waals surface area contributed by atoms with Gasteiger partial charge in [-0.1, -0.05) is 12.1 Å². The van der Waals surface area contributed by atoms with Gasteiger partial charge in [-0.3, -0.25) is 4.79 Å². The monoisotopic (exact) mass is 318 g/mol. The molecule has 1 aromatic heterocycles. The van der Waals surface area contributed by atoms with E-state index in [1.807, 2.05) is 30.3 Å². The minimum atomic E-state index is -0.311. The summed E-state index contributed by atoms with van der Waals surface area (Å²) < 4.78 is 5.49. The summed E-state index contributed by atoms with van der Waals surface area (Å²) in [7, 11) is 0. The van der Waals surface area contributed by atoms with Gasteiger partial charge in [-0.15, -0.1) is 0 Å². The number of hydrogen-bond donors (Lipinski definition) is 1. The van der Waals surface area contributed by atoms with Crippen LogP contribution in [0.5, 0.6) is 5.88 Å². The molecule has 3 aromatic rings. The van der Waals surface area contributed by atoms with Crippen LogP contribution in [-0.2, 0) is 4.79 Å². The van der Waals surface area contributed by atoms with Crippen LogP contribution in [0.25, 0.3) is 11.0 Å². The van der Waals surface area contributed by atoms with E-state index in [9.17, 15) is 4.79 Å². The van der Waals surface area contributed by atoms with Gasteiger partial charge in [0.1, 0.15) is 5.69 Å². The topological polar surface area (TPSA) is 87.9 Å². The van der Waals surface area contributed by atoms with Gasteiger partial charge in [-0.25, -0.2) is 9.97 Å². The molecule has 6 nitrogen and oxygen atoms in total. The van der Waals surface area contributed by atoms with Gasteiger partial charge in [-0.05, 0) is 43.3 Å². The first-order valence-corrected chi connectivity index (χ1v) is 7.32. The smallest absolute Gasteiger partial charge is 0.262 e. The van der Waals surface area contributed by atoms with E-state index < -0.39 is 0 Å². The molecule has 0 aliphatic rings. The standard InChI is InChI=1S/C18H14N4O2/c1-12-18(22-16-5-3-2-4-15(16)20-12)24-11-17(23)21-14-8-6-13(10-19)7-9-14/h2-9H,11H2,1H3,(H,21,23). The van der Waals surface area contributed by atoms with E-state index in [1.54, 1.807) is 31.2 Å². The van der Waals surface area contributed by atoms with Crippen LogP contribution in [0.1, 0.15) is 11.3 Å². The molecule has 1 amide bonds. The third kappa shape index (κ3) is 3.47. The molecule has 0 atom stereocenters. The van der Waals surface area contributed by atoms with Crippen molar-refractivity contribution >= 4 is 22.6 Å². The molecule has 0 spiro atoms. The molecule has 0 aliphatic heterocycles. The number of nitrogens with zero attached hydrogens (tertiary/aromatic N) is 3. The summed E-state index contributed by atoms with van der Waals surface area (Å²) in [5.41, 5.74) is 3.25. The van der Waals surface area contributed by atoms with Crippen molar-refractivity contribution in [1.82, 2.24) is 9.97 Å². The number of carbonyl (C=O) groups is 1. The fourth-order valence-corrected chi connectivity index (χ4v) is 2.17. The lowest BCUT2D eigenvalue weighted by molar-refractivity contribution is -0.118. The van der Waals surface area contributed by atoms with Crippen molar-refractivity contribution in [3.05, 3.63) is 59.8 Å². The molecule has 1 heterocycles. The molecule has 0 radical (unpaired) electrons. The Morgan fingerprint density at radius 2 is 1.79 bits per heavy atom. The lowest BCUT2D eigenvalue weighted by Crippen LogP contribution is -2.20. The molecule has 2 aromatic carbocycles. The van der Waals surface area contributed by atoms with Crippen LogP contribution in [0, 0.1) is 18.3 Å². The Balaban J connectivity index is 1.65. The number of carbonyl (C=O) groups excluding carboxylic acids is 1. The van der Waals surface area contributed by atoms with Crippen molar-refractivity contribution in [2.45, 2.75) is 6.92 Å². The molecule has 0 aliphatic carbocycles. The van der Waals surface area contributed by atoms with Crippen LogP contribution in [0.2, 0.25) is 0 Å². The van der Waals surface area contributed by atoms with Gasteiger partial charge < -0.3 is 10.1 Å². The highest BCUT2D eigenvalue weighted by molar-refractivity contribution is 5.91. The Kier molecular flexibility index (Phi) is 4.34. The third-order valence-corrected chi connectivity index (χ3v) is 3.34. The summed E-state index contributed by atoms with van der Waals surface area (Å²) in [6, 6.07) is 16.1. The summed E-state index contributed by atoms with van der Waals surface area (Å²) in [6.45, 7) is 1.61. The van der Waals surface area contributed by atoms with Gasteiger partial charge in [-0.2, -0.15) is 5.26 Å². The maximum atomic E-state index is 12.0. The van der Waals surface area contributed by atoms with Crippen LogP contribution in [-0.4, -0.2) is 22.5 Å². The number of ether oxygens (including phenoxy) is 1. The number of aromatic nitrogens is 2. The highest BCUT2D eigenvalue weighted by Crippen LogP contribution is 2.18. The van der Waals surface area contributed by atoms with E-state index in [1.165, 1.54) is 0 Å². The van der Waals surface area contributed by atoms with Gasteiger partial charge in [0.05, 0.1) is 22.7 Å². The quantitative estimate of drug-likeness (QED) is 0.799. The highest BCUT2D eigenvalue weighted by atomic mass is 16.5. The second-order valence-electron chi connectivity index (χ2n) is 5.13. The maximum absolute atomic E-state index is 12.0. The summed E-state index contributed by atoms with van der Waals surface area (Å²) in [6.07, 6.45) is 0. The number of nitrogens with one attached hydrogen (secondary N) is 1. The van der Waals surface area contributed by atoms with Crippen LogP contribution in [0.4, 0.5) is 5.69 Å². The van der Waals surface area contributed by atoms with Gasteiger partial charge in [0.25, 0.3) is 5.91 Å². The molecule has 0 bridgehead atoms. The largest absolute Gasteiger partial charge is 0.466 e. The van der Waals surface area contributed by atoms with Crippen LogP contribution < -0.4 is 10.1 Å². The van der Waals surface area contributed by atoms with Gasteiger partial charge >= 0.3 is 0 Å². The Morgan fingerprint density at radius 1 is 1.12 bits per heavy atom. The van der Waals surface area contributed by atoms with Crippen LogP contribution in [0.3, 0.4) is 0 Å². The van der Waals surface area contributed by atoms with Crippen molar-refractivity contribution in [3.8, 4) is 11.9 Å². The summed E-state index contributed by atoms with van der Waals surface area (Å²) in [5.74, 6) is 0.0257. The molecular weight excluding hydrogens is 304 g/mol. The fraction of sp³-hybridized carbons (Fsp3) is 0.111. The number of rotatable bonds is 4. The van der Waals surface area contributed by atoms with E-state index in [4.69, 9.17) is 10.00 Å². The second kappa shape index (κ2) is 6.75. The summed E-state index contributed by atoms with van der Waals surface area (Å²) >= 11 is 0. The average molecular weight is 318 g/mol. The minimum absolute atomic E-state index is 0.173. The van der Waals surface area contributed by atoms with Crippen molar-refractivity contribution in [1.29, 1.82) is 5.26 Å². The van der Waals surface area contributed by atoms with E-state index in [0.29, 0.717) is 28.3 Å². The normalized spacial score (nSPS) is 10.2. The first kappa shape index (κ1) is 15.4. The van der Waals surface area contributed by atoms with Crippen molar-refractivity contribution < 1.29 is 9.53 Å². The first-order chi connectivity index (χ1) is 11.7. The van der Waals surface area contributed by atoms with Crippen LogP contribution >= 0.6 is 0 Å². The second-order valence-corrected chi connectivity index (χ2v) is 5.13. The zero-order valence-electron chi connectivity index (χ0n) is 13.0. The molecule has 1 N–H and O–H groups in total. The van der Waals surface area contributed by atoms with E-state index >= 15 is 0 Å². The average Bonchev–Trinajstić information content (AvgIpc) is 2.60. The Bertz CT molecular complexity index is 930. The lowest BCUT2D eigenvalue weighted by Gasteiger charge is -2.09. The molecule has 0 fully saturated rings. The van der Waals surface area contributed by atoms with Crippen LogP contribution in [0.15, 0.2) is 48.5 Å². The number of hydrogen-bond acceptors (Lipinski definition) is 5. The Hall–Kier alpha value is -3.46. The number of aryl methyl sites for hydroxylation is 1. The molecular formula is C18H14N4O2. The van der Waals surface area contributed by atoms with E-state index in [-0.39, 0.29) is 12.5 Å². The number of para-hydroxylation sites is 2. The fourth-order valence-electron chi connectivity index (χ4n) is 2.17. The highest BCUT2D eigenvalue weighted by Gasteiger charge is 2.09. The van der Waals surface area contributed by atoms with Gasteiger partial charge in [0, 0.05) is 5.69 Å².